The number of aliphatic hydroxyl groups excluding tert-OH is 1. The van der Waals surface area contributed by atoms with E-state index in [9.17, 15) is 13.2 Å². The SMILES string of the molecule is CO.OC(F)(F)CF. The molecule has 0 aliphatic heterocycles. The highest BCUT2D eigenvalue weighted by Crippen LogP contribution is 2.06. The molecule has 0 saturated carbocycles. The van der Waals surface area contributed by atoms with Crippen molar-refractivity contribution in [2.24, 2.45) is 0 Å². The Hall–Kier alpha value is -0.290. The highest BCUT2D eigenvalue weighted by Gasteiger charge is 2.22. The first-order valence-electron chi connectivity index (χ1n) is 1.67. The number of rotatable bonds is 1. The van der Waals surface area contributed by atoms with Gasteiger partial charge in [0.2, 0.25) is 0 Å². The van der Waals surface area contributed by atoms with Crippen LogP contribution in [0.2, 0.25) is 0 Å². The molecule has 0 heterocycles. The molecule has 5 heteroatoms. The van der Waals surface area contributed by atoms with Gasteiger partial charge in [0.25, 0.3) is 0 Å². The summed E-state index contributed by atoms with van der Waals surface area (Å²) < 4.78 is 31.8. The summed E-state index contributed by atoms with van der Waals surface area (Å²) in [7, 11) is 1.00. The molecule has 0 radical (unpaired) electrons. The van der Waals surface area contributed by atoms with Crippen LogP contribution in [-0.2, 0) is 0 Å². The van der Waals surface area contributed by atoms with Gasteiger partial charge in [-0.3, -0.25) is 0 Å². The maximum Gasteiger partial charge on any atom is 0.381 e. The molecule has 0 unspecified atom stereocenters. The van der Waals surface area contributed by atoms with Crippen LogP contribution in [0.5, 0.6) is 0 Å². The van der Waals surface area contributed by atoms with Crippen molar-refractivity contribution in [1.82, 2.24) is 0 Å². The van der Waals surface area contributed by atoms with Crippen molar-refractivity contribution >= 4 is 0 Å². The number of hydrogen-bond acceptors (Lipinski definition) is 2. The first-order valence-corrected chi connectivity index (χ1v) is 1.67. The van der Waals surface area contributed by atoms with Crippen molar-refractivity contribution < 1.29 is 23.4 Å². The Balaban J connectivity index is 0. The van der Waals surface area contributed by atoms with Crippen LogP contribution in [0.1, 0.15) is 0 Å². The predicted octanol–water partition coefficient (Wildman–Crippen LogP) is 0.149. The molecule has 8 heavy (non-hydrogen) atoms. The van der Waals surface area contributed by atoms with E-state index < -0.39 is 12.8 Å². The van der Waals surface area contributed by atoms with Gasteiger partial charge in [-0.05, 0) is 0 Å². The third-order valence-electron chi connectivity index (χ3n) is 0.161. The van der Waals surface area contributed by atoms with E-state index in [1.54, 1.807) is 0 Å². The van der Waals surface area contributed by atoms with Crippen LogP contribution in [0.25, 0.3) is 0 Å². The molecule has 2 nitrogen and oxygen atoms in total. The maximum atomic E-state index is 10.6. The number of hydrogen-bond donors (Lipinski definition) is 2. The van der Waals surface area contributed by atoms with Crippen LogP contribution in [-0.4, -0.2) is 30.1 Å². The first kappa shape index (κ1) is 10.6. The van der Waals surface area contributed by atoms with E-state index in [-0.39, 0.29) is 0 Å². The molecule has 0 aromatic carbocycles. The zero-order valence-corrected chi connectivity index (χ0v) is 4.24. The van der Waals surface area contributed by atoms with Crippen LogP contribution >= 0.6 is 0 Å². The Kier molecular flexibility index (Phi) is 6.47. The molecule has 0 aliphatic carbocycles. The van der Waals surface area contributed by atoms with Gasteiger partial charge < -0.3 is 10.2 Å². The Morgan fingerprint density at radius 2 is 1.50 bits per heavy atom. The van der Waals surface area contributed by atoms with Gasteiger partial charge in [0.15, 0.2) is 6.67 Å². The molecule has 0 bridgehead atoms. The second-order valence-electron chi connectivity index (χ2n) is 0.799. The van der Waals surface area contributed by atoms with Crippen LogP contribution in [0.4, 0.5) is 13.2 Å². The summed E-state index contributed by atoms with van der Waals surface area (Å²) in [6, 6.07) is 0. The Morgan fingerprint density at radius 1 is 1.38 bits per heavy atom. The fraction of sp³-hybridized carbons (Fsp3) is 1.00. The predicted molar refractivity (Wildman–Crippen MR) is 21.3 cm³/mol. The van der Waals surface area contributed by atoms with E-state index in [1.807, 2.05) is 0 Å². The van der Waals surface area contributed by atoms with E-state index >= 15 is 0 Å². The average Bonchev–Trinajstić information content (AvgIpc) is 1.71. The molecule has 2 N–H and O–H groups in total. The van der Waals surface area contributed by atoms with Gasteiger partial charge in [0.1, 0.15) is 0 Å². The minimum absolute atomic E-state index is 1.00. The fourth-order valence-electron chi connectivity index (χ4n) is 0. The lowest BCUT2D eigenvalue weighted by molar-refractivity contribution is -0.208. The summed E-state index contributed by atoms with van der Waals surface area (Å²) in [5.41, 5.74) is 0. The van der Waals surface area contributed by atoms with Crippen molar-refractivity contribution in [3.63, 3.8) is 0 Å². The standard InChI is InChI=1S/C2H3F3O.CH4O/c3-1-2(4,5)6;1-2/h6H,1H2;2H,1H3. The van der Waals surface area contributed by atoms with Gasteiger partial charge in [-0.25, -0.2) is 4.39 Å². The zero-order valence-electron chi connectivity index (χ0n) is 4.24. The normalized spacial score (nSPS) is 9.75. The topological polar surface area (TPSA) is 40.5 Å². The van der Waals surface area contributed by atoms with Gasteiger partial charge in [-0.15, -0.1) is 0 Å². The van der Waals surface area contributed by atoms with E-state index in [1.165, 1.54) is 0 Å². The van der Waals surface area contributed by atoms with E-state index in [0.29, 0.717) is 0 Å². The second-order valence-corrected chi connectivity index (χ2v) is 0.799. The van der Waals surface area contributed by atoms with Crippen molar-refractivity contribution in [1.29, 1.82) is 0 Å². The third kappa shape index (κ3) is 17.2. The van der Waals surface area contributed by atoms with E-state index in [4.69, 9.17) is 10.2 Å². The summed E-state index contributed by atoms with van der Waals surface area (Å²) in [5.74, 6) is 0. The van der Waals surface area contributed by atoms with Gasteiger partial charge in [-0.2, -0.15) is 8.78 Å². The zero-order chi connectivity index (χ0) is 7.21. The average molecular weight is 132 g/mol. The lowest BCUT2D eigenvalue weighted by Gasteiger charge is -1.97. The molecule has 0 saturated heterocycles. The van der Waals surface area contributed by atoms with Crippen LogP contribution < -0.4 is 0 Å². The number of halogens is 3. The lowest BCUT2D eigenvalue weighted by Crippen LogP contribution is -2.15. The molecule has 52 valence electrons. The van der Waals surface area contributed by atoms with Gasteiger partial charge >= 0.3 is 6.11 Å². The molecule has 0 spiro atoms. The van der Waals surface area contributed by atoms with Gasteiger partial charge in [-0.1, -0.05) is 0 Å². The Bertz CT molecular complexity index is 42.3. The second kappa shape index (κ2) is 4.86. The minimum atomic E-state index is -4.12. The molecule has 0 amide bonds. The van der Waals surface area contributed by atoms with Crippen LogP contribution in [0.15, 0.2) is 0 Å². The molecule has 0 atom stereocenters. The maximum absolute atomic E-state index is 10.6. The van der Waals surface area contributed by atoms with E-state index in [2.05, 4.69) is 0 Å². The van der Waals surface area contributed by atoms with Crippen molar-refractivity contribution in [2.75, 3.05) is 13.8 Å². The first-order chi connectivity index (χ1) is 3.56. The largest absolute Gasteiger partial charge is 0.400 e. The van der Waals surface area contributed by atoms with Crippen molar-refractivity contribution in [3.8, 4) is 0 Å². The smallest absolute Gasteiger partial charge is 0.381 e. The highest BCUT2D eigenvalue weighted by atomic mass is 19.3. The molecule has 0 aromatic rings. The Morgan fingerprint density at radius 3 is 1.50 bits per heavy atom. The molecule has 0 aromatic heterocycles. The number of aliphatic hydroxyl groups is 2. The summed E-state index contributed by atoms with van der Waals surface area (Å²) in [4.78, 5) is 0. The van der Waals surface area contributed by atoms with E-state index in [0.717, 1.165) is 7.11 Å². The van der Waals surface area contributed by atoms with Gasteiger partial charge in [0.05, 0.1) is 0 Å². The lowest BCUT2D eigenvalue weighted by atomic mass is 10.7. The van der Waals surface area contributed by atoms with Crippen molar-refractivity contribution in [3.05, 3.63) is 0 Å². The molecular formula is C3H7F3O2. The number of alkyl halides is 3. The quantitative estimate of drug-likeness (QED) is 0.533. The summed E-state index contributed by atoms with van der Waals surface area (Å²) in [6.07, 6.45) is -4.12. The minimum Gasteiger partial charge on any atom is -0.400 e. The molecular weight excluding hydrogens is 125 g/mol. The summed E-state index contributed by atoms with van der Waals surface area (Å²) in [5, 5.41) is 14.1. The Labute approximate surface area is 44.6 Å². The highest BCUT2D eigenvalue weighted by molar-refractivity contribution is 4.38. The van der Waals surface area contributed by atoms with Crippen LogP contribution in [0.3, 0.4) is 0 Å². The monoisotopic (exact) mass is 132 g/mol. The van der Waals surface area contributed by atoms with Crippen molar-refractivity contribution in [2.45, 2.75) is 6.11 Å². The fourth-order valence-corrected chi connectivity index (χ4v) is 0. The third-order valence-corrected chi connectivity index (χ3v) is 0.161. The van der Waals surface area contributed by atoms with Gasteiger partial charge in [0, 0.05) is 7.11 Å². The summed E-state index contributed by atoms with van der Waals surface area (Å²) in [6.45, 7) is -2.01. The molecule has 0 fully saturated rings. The van der Waals surface area contributed by atoms with Crippen LogP contribution in [0, 0.1) is 0 Å². The molecule has 0 rings (SSSR count). The molecule has 0 aliphatic rings. The summed E-state index contributed by atoms with van der Waals surface area (Å²) >= 11 is 0.